The summed E-state index contributed by atoms with van der Waals surface area (Å²) in [6, 6.07) is 5.25. The molecule has 0 spiro atoms. The molecule has 1 atom stereocenters. The molecule has 0 bridgehead atoms. The number of sulfone groups is 1. The van der Waals surface area contributed by atoms with Gasteiger partial charge in [0.05, 0.1) is 42.3 Å². The summed E-state index contributed by atoms with van der Waals surface area (Å²) in [4.78, 5) is 40.1. The highest BCUT2D eigenvalue weighted by atomic mass is 32.2. The molecule has 1 heterocycles. The summed E-state index contributed by atoms with van der Waals surface area (Å²) < 4.78 is 66.5. The van der Waals surface area contributed by atoms with Gasteiger partial charge in [-0.15, -0.1) is 0 Å². The van der Waals surface area contributed by atoms with E-state index in [1.165, 1.54) is 32.2 Å². The minimum Gasteiger partial charge on any atom is -0.493 e. The Labute approximate surface area is 226 Å². The van der Waals surface area contributed by atoms with Crippen LogP contribution < -0.4 is 14.8 Å². The number of nitrogens with zero attached hydrogens (tertiary/aromatic N) is 1. The maximum Gasteiger partial charge on any atom is 0.274 e. The van der Waals surface area contributed by atoms with Crippen molar-refractivity contribution in [1.82, 2.24) is 4.90 Å². The van der Waals surface area contributed by atoms with Crippen molar-refractivity contribution in [3.05, 3.63) is 52.6 Å². The summed E-state index contributed by atoms with van der Waals surface area (Å²) in [6.45, 7) is 4.90. The summed E-state index contributed by atoms with van der Waals surface area (Å²) in [5.74, 6) is -6.18. The molecule has 39 heavy (non-hydrogen) atoms. The van der Waals surface area contributed by atoms with Crippen molar-refractivity contribution >= 4 is 33.2 Å². The van der Waals surface area contributed by atoms with Crippen molar-refractivity contribution in [2.24, 2.45) is 0 Å². The number of methoxy groups -OCH3 is 1. The first-order valence-electron chi connectivity index (χ1n) is 12.4. The molecule has 0 saturated carbocycles. The SMILES string of the molecule is CCCCC(F)(F)c1ccc(NC(C)=O)c2c1C(=O)N([C@H](CS(C)(=O)=O)c1ccc(OC)c(OCC)c1)C2=O. The van der Waals surface area contributed by atoms with Gasteiger partial charge < -0.3 is 14.8 Å². The molecule has 12 heteroatoms. The van der Waals surface area contributed by atoms with Crippen molar-refractivity contribution < 1.29 is 41.1 Å². The Hall–Kier alpha value is -3.54. The monoisotopic (exact) mass is 566 g/mol. The first kappa shape index (κ1) is 30.0. The van der Waals surface area contributed by atoms with Gasteiger partial charge in [-0.2, -0.15) is 0 Å². The summed E-state index contributed by atoms with van der Waals surface area (Å²) in [6.07, 6.45) is 1.04. The predicted octanol–water partition coefficient (Wildman–Crippen LogP) is 4.72. The molecule has 0 saturated heterocycles. The average molecular weight is 567 g/mol. The fourth-order valence-electron chi connectivity index (χ4n) is 4.57. The van der Waals surface area contributed by atoms with Crippen LogP contribution in [0.25, 0.3) is 0 Å². The number of nitrogens with one attached hydrogen (secondary N) is 1. The number of amides is 3. The zero-order chi connectivity index (χ0) is 29.1. The number of hydrogen-bond donors (Lipinski definition) is 1. The van der Waals surface area contributed by atoms with Gasteiger partial charge in [-0.05, 0) is 37.1 Å². The van der Waals surface area contributed by atoms with E-state index in [9.17, 15) is 22.8 Å². The lowest BCUT2D eigenvalue weighted by atomic mass is 9.93. The van der Waals surface area contributed by atoms with Gasteiger partial charge >= 0.3 is 0 Å². The third-order valence-electron chi connectivity index (χ3n) is 6.26. The van der Waals surface area contributed by atoms with E-state index >= 15 is 8.78 Å². The summed E-state index contributed by atoms with van der Waals surface area (Å²) >= 11 is 0. The van der Waals surface area contributed by atoms with Crippen LogP contribution in [0.2, 0.25) is 0 Å². The average Bonchev–Trinajstić information content (AvgIpc) is 3.11. The molecule has 1 aliphatic heterocycles. The minimum absolute atomic E-state index is 0.115. The molecule has 1 aliphatic rings. The number of anilines is 1. The second-order valence-corrected chi connectivity index (χ2v) is 11.5. The third-order valence-corrected chi connectivity index (χ3v) is 7.19. The molecule has 0 aliphatic carbocycles. The molecule has 3 amide bonds. The number of ether oxygens (including phenoxy) is 2. The number of alkyl halides is 2. The second-order valence-electron chi connectivity index (χ2n) is 9.33. The predicted molar refractivity (Wildman–Crippen MR) is 141 cm³/mol. The van der Waals surface area contributed by atoms with Crippen molar-refractivity contribution in [1.29, 1.82) is 0 Å². The number of unbranched alkanes of at least 4 members (excludes halogenated alkanes) is 1. The van der Waals surface area contributed by atoms with E-state index in [2.05, 4.69) is 5.32 Å². The molecule has 212 valence electrons. The van der Waals surface area contributed by atoms with E-state index in [1.54, 1.807) is 13.8 Å². The van der Waals surface area contributed by atoms with Crippen LogP contribution in [-0.2, 0) is 20.6 Å². The fraction of sp³-hybridized carbons (Fsp3) is 0.444. The van der Waals surface area contributed by atoms with Gasteiger partial charge in [0.1, 0.15) is 9.84 Å². The molecule has 2 aromatic carbocycles. The van der Waals surface area contributed by atoms with Crippen LogP contribution in [0.4, 0.5) is 14.5 Å². The second kappa shape index (κ2) is 11.7. The zero-order valence-corrected chi connectivity index (χ0v) is 23.3. The molecule has 1 N–H and O–H groups in total. The molecule has 9 nitrogen and oxygen atoms in total. The highest BCUT2D eigenvalue weighted by Gasteiger charge is 2.48. The van der Waals surface area contributed by atoms with Gasteiger partial charge in [-0.25, -0.2) is 17.2 Å². The Bertz CT molecular complexity index is 1390. The highest BCUT2D eigenvalue weighted by Crippen LogP contribution is 2.44. The molecule has 0 radical (unpaired) electrons. The zero-order valence-electron chi connectivity index (χ0n) is 22.5. The van der Waals surface area contributed by atoms with Crippen molar-refractivity contribution in [3.63, 3.8) is 0 Å². The molecule has 0 fully saturated rings. The van der Waals surface area contributed by atoms with Crippen LogP contribution in [0.15, 0.2) is 30.3 Å². The summed E-state index contributed by atoms with van der Waals surface area (Å²) in [5, 5.41) is 2.43. The molecule has 2 aromatic rings. The summed E-state index contributed by atoms with van der Waals surface area (Å²) in [5.41, 5.74) is -1.50. The van der Waals surface area contributed by atoms with E-state index < -0.39 is 68.4 Å². The van der Waals surface area contributed by atoms with Crippen LogP contribution in [-0.4, -0.2) is 56.8 Å². The Morgan fingerprint density at radius 2 is 1.74 bits per heavy atom. The van der Waals surface area contributed by atoms with Crippen LogP contribution >= 0.6 is 0 Å². The Balaban J connectivity index is 2.25. The number of benzene rings is 2. The van der Waals surface area contributed by atoms with E-state index in [-0.39, 0.29) is 30.0 Å². The van der Waals surface area contributed by atoms with Gasteiger partial charge in [0.25, 0.3) is 17.7 Å². The van der Waals surface area contributed by atoms with Gasteiger partial charge in [0.15, 0.2) is 11.5 Å². The smallest absolute Gasteiger partial charge is 0.274 e. The first-order valence-corrected chi connectivity index (χ1v) is 14.5. The quantitative estimate of drug-likeness (QED) is 0.370. The van der Waals surface area contributed by atoms with Gasteiger partial charge in [0.2, 0.25) is 5.91 Å². The lowest BCUT2D eigenvalue weighted by molar-refractivity contribution is -0.114. The Kier molecular flexibility index (Phi) is 8.99. The van der Waals surface area contributed by atoms with E-state index in [0.29, 0.717) is 17.1 Å². The fourth-order valence-corrected chi connectivity index (χ4v) is 5.49. The topological polar surface area (TPSA) is 119 Å². The lowest BCUT2D eigenvalue weighted by Crippen LogP contribution is -2.38. The standard InChI is InChI=1S/C27H32F2N2O7S/c1-6-8-13-27(28,29)18-10-11-19(30-16(3)32)24-23(18)25(33)31(26(24)34)20(15-39(5,35)36)17-9-12-21(37-4)22(14-17)38-7-2/h9-12,14,20H,6-8,13,15H2,1-5H3,(H,30,32)/t20-/m1/s1. The van der Waals surface area contributed by atoms with Crippen molar-refractivity contribution in [2.45, 2.75) is 52.0 Å². The largest absolute Gasteiger partial charge is 0.493 e. The molecular weight excluding hydrogens is 534 g/mol. The van der Waals surface area contributed by atoms with Crippen molar-refractivity contribution in [2.75, 3.05) is 31.0 Å². The molecule has 0 unspecified atom stereocenters. The molecule has 0 aromatic heterocycles. The number of halogens is 2. The van der Waals surface area contributed by atoms with E-state index in [4.69, 9.17) is 9.47 Å². The maximum atomic E-state index is 15.3. The number of imide groups is 1. The van der Waals surface area contributed by atoms with Crippen LogP contribution in [0.5, 0.6) is 11.5 Å². The lowest BCUT2D eigenvalue weighted by Gasteiger charge is -2.27. The molecular formula is C27H32F2N2O7S. The van der Waals surface area contributed by atoms with Gasteiger partial charge in [0, 0.05) is 25.2 Å². The van der Waals surface area contributed by atoms with Crippen LogP contribution in [0, 0.1) is 0 Å². The Morgan fingerprint density at radius 1 is 1.08 bits per heavy atom. The molecule has 3 rings (SSSR count). The summed E-state index contributed by atoms with van der Waals surface area (Å²) in [7, 11) is -2.38. The Morgan fingerprint density at radius 3 is 2.31 bits per heavy atom. The maximum absolute atomic E-state index is 15.3. The van der Waals surface area contributed by atoms with E-state index in [1.807, 2.05) is 0 Å². The number of fused-ring (bicyclic) bond motifs is 1. The number of hydrogen-bond acceptors (Lipinski definition) is 7. The van der Waals surface area contributed by atoms with Crippen LogP contribution in [0.3, 0.4) is 0 Å². The first-order chi connectivity index (χ1) is 18.3. The van der Waals surface area contributed by atoms with Crippen LogP contribution in [0.1, 0.15) is 77.9 Å². The van der Waals surface area contributed by atoms with Gasteiger partial charge in [-0.1, -0.05) is 25.5 Å². The van der Waals surface area contributed by atoms with E-state index in [0.717, 1.165) is 18.4 Å². The number of carbonyl (C=O) groups is 3. The van der Waals surface area contributed by atoms with Crippen molar-refractivity contribution in [3.8, 4) is 11.5 Å². The minimum atomic E-state index is -3.80. The third kappa shape index (κ3) is 6.38. The normalized spacial score (nSPS) is 14.3. The number of rotatable bonds is 12. The van der Waals surface area contributed by atoms with Gasteiger partial charge in [-0.3, -0.25) is 19.3 Å². The number of carbonyl (C=O) groups excluding carboxylic acids is 3. The highest BCUT2D eigenvalue weighted by molar-refractivity contribution is 7.90.